The highest BCUT2D eigenvalue weighted by Gasteiger charge is 1.99. The van der Waals surface area contributed by atoms with Gasteiger partial charge in [0.2, 0.25) is 6.19 Å². The van der Waals surface area contributed by atoms with Gasteiger partial charge in [0, 0.05) is 5.25 Å². The summed E-state index contributed by atoms with van der Waals surface area (Å²) in [7, 11) is 0. The molecule has 0 aromatic heterocycles. The van der Waals surface area contributed by atoms with Crippen molar-refractivity contribution in [2.75, 3.05) is 0 Å². The molecule has 0 radical (unpaired) electrons. The molecule has 0 amide bonds. The molecule has 0 heterocycles. The highest BCUT2D eigenvalue weighted by Crippen LogP contribution is 2.13. The molecular formula is C7H12N2S. The van der Waals surface area contributed by atoms with Gasteiger partial charge in [-0.1, -0.05) is 20.8 Å². The van der Waals surface area contributed by atoms with E-state index in [4.69, 9.17) is 5.26 Å². The highest BCUT2D eigenvalue weighted by molar-refractivity contribution is 8.14. The summed E-state index contributed by atoms with van der Waals surface area (Å²) < 4.78 is 0. The molecule has 0 aromatic rings. The number of nitrogens with zero attached hydrogens (tertiary/aromatic N) is 2. The van der Waals surface area contributed by atoms with Crippen molar-refractivity contribution in [3.05, 3.63) is 0 Å². The first-order chi connectivity index (χ1) is 4.70. The van der Waals surface area contributed by atoms with Crippen LogP contribution >= 0.6 is 11.8 Å². The molecule has 0 saturated carbocycles. The third-order valence-electron chi connectivity index (χ3n) is 0.849. The van der Waals surface area contributed by atoms with E-state index in [0.29, 0.717) is 5.25 Å². The fourth-order valence-corrected chi connectivity index (χ4v) is 1.32. The van der Waals surface area contributed by atoms with E-state index < -0.39 is 0 Å². The van der Waals surface area contributed by atoms with Crippen molar-refractivity contribution in [3.63, 3.8) is 0 Å². The first-order valence-corrected chi connectivity index (χ1v) is 4.21. The van der Waals surface area contributed by atoms with Gasteiger partial charge in [-0.15, -0.1) is 11.8 Å². The Labute approximate surface area is 66.3 Å². The van der Waals surface area contributed by atoms with Crippen molar-refractivity contribution < 1.29 is 0 Å². The van der Waals surface area contributed by atoms with Gasteiger partial charge in [-0.2, -0.15) is 10.3 Å². The molecule has 0 atom stereocenters. The number of hydrogen-bond donors (Lipinski definition) is 0. The van der Waals surface area contributed by atoms with Crippen molar-refractivity contribution in [2.45, 2.75) is 32.4 Å². The molecule has 0 saturated heterocycles. The van der Waals surface area contributed by atoms with E-state index in [-0.39, 0.29) is 0 Å². The van der Waals surface area contributed by atoms with Gasteiger partial charge >= 0.3 is 0 Å². The number of nitriles is 1. The Morgan fingerprint density at radius 2 is 2.30 bits per heavy atom. The highest BCUT2D eigenvalue weighted by atomic mass is 32.2. The quantitative estimate of drug-likeness (QED) is 0.349. The smallest absolute Gasteiger partial charge is 0.171 e. The predicted molar refractivity (Wildman–Crippen MR) is 46.1 cm³/mol. The lowest BCUT2D eigenvalue weighted by atomic mass is 10.5. The minimum absolute atomic E-state index is 0.520. The van der Waals surface area contributed by atoms with Crippen LogP contribution in [0.3, 0.4) is 0 Å². The Bertz CT molecular complexity index is 155. The molecule has 0 fully saturated rings. The molecule has 0 rings (SSSR count). The summed E-state index contributed by atoms with van der Waals surface area (Å²) in [5.74, 6) is 0. The van der Waals surface area contributed by atoms with E-state index in [9.17, 15) is 0 Å². The molecule has 0 aliphatic heterocycles. The Hall–Kier alpha value is -0.490. The van der Waals surface area contributed by atoms with Crippen molar-refractivity contribution >= 4 is 16.8 Å². The monoisotopic (exact) mass is 156 g/mol. The van der Waals surface area contributed by atoms with E-state index in [2.05, 4.69) is 18.8 Å². The normalized spacial score (nSPS) is 11.7. The molecule has 0 N–H and O–H groups in total. The lowest BCUT2D eigenvalue weighted by Gasteiger charge is -2.02. The SMILES string of the molecule is CCC(=NC#N)SC(C)C. The molecule has 0 unspecified atom stereocenters. The van der Waals surface area contributed by atoms with Crippen LogP contribution in [0.5, 0.6) is 0 Å². The van der Waals surface area contributed by atoms with Crippen LogP contribution in [0.4, 0.5) is 0 Å². The Balaban J connectivity index is 3.86. The van der Waals surface area contributed by atoms with E-state index in [1.165, 1.54) is 0 Å². The van der Waals surface area contributed by atoms with Crippen LogP contribution in [0.15, 0.2) is 4.99 Å². The Kier molecular flexibility index (Phi) is 5.05. The molecule has 0 spiro atoms. The molecule has 0 aliphatic rings. The molecule has 10 heavy (non-hydrogen) atoms. The van der Waals surface area contributed by atoms with Gasteiger partial charge in [0.15, 0.2) is 0 Å². The lowest BCUT2D eigenvalue weighted by molar-refractivity contribution is 1.12. The van der Waals surface area contributed by atoms with Crippen molar-refractivity contribution in [3.8, 4) is 6.19 Å². The van der Waals surface area contributed by atoms with Gasteiger partial charge in [0.05, 0.1) is 5.04 Å². The number of thioether (sulfide) groups is 1. The molecule has 56 valence electrons. The topological polar surface area (TPSA) is 36.1 Å². The van der Waals surface area contributed by atoms with E-state index in [1.54, 1.807) is 18.0 Å². The second kappa shape index (κ2) is 5.31. The van der Waals surface area contributed by atoms with Crippen LogP contribution in [-0.2, 0) is 0 Å². The van der Waals surface area contributed by atoms with Gasteiger partial charge < -0.3 is 0 Å². The summed E-state index contributed by atoms with van der Waals surface area (Å²) in [6, 6.07) is 0. The van der Waals surface area contributed by atoms with Crippen molar-refractivity contribution in [1.29, 1.82) is 5.26 Å². The molecule has 0 bridgehead atoms. The summed E-state index contributed by atoms with van der Waals surface area (Å²) in [5, 5.41) is 9.68. The van der Waals surface area contributed by atoms with Gasteiger partial charge in [0.25, 0.3) is 0 Å². The van der Waals surface area contributed by atoms with Gasteiger partial charge in [-0.25, -0.2) is 0 Å². The first-order valence-electron chi connectivity index (χ1n) is 3.33. The zero-order valence-corrected chi connectivity index (χ0v) is 7.40. The van der Waals surface area contributed by atoms with Crippen molar-refractivity contribution in [2.24, 2.45) is 4.99 Å². The summed E-state index contributed by atoms with van der Waals surface area (Å²) in [6.45, 7) is 6.19. The second-order valence-corrected chi connectivity index (χ2v) is 3.78. The third kappa shape index (κ3) is 4.39. The lowest BCUT2D eigenvalue weighted by Crippen LogP contribution is -1.95. The van der Waals surface area contributed by atoms with Gasteiger partial charge in [-0.3, -0.25) is 0 Å². The van der Waals surface area contributed by atoms with Crippen LogP contribution in [0.25, 0.3) is 0 Å². The fraction of sp³-hybridized carbons (Fsp3) is 0.714. The number of rotatable bonds is 2. The summed E-state index contributed by atoms with van der Waals surface area (Å²) in [5.41, 5.74) is 0. The van der Waals surface area contributed by atoms with E-state index in [0.717, 1.165) is 11.5 Å². The maximum atomic E-state index is 8.23. The maximum absolute atomic E-state index is 8.23. The zero-order chi connectivity index (χ0) is 7.98. The summed E-state index contributed by atoms with van der Waals surface area (Å²) in [4.78, 5) is 3.67. The summed E-state index contributed by atoms with van der Waals surface area (Å²) >= 11 is 1.65. The number of aliphatic imine (C=N–C) groups is 1. The minimum atomic E-state index is 0.520. The fourth-order valence-electron chi connectivity index (χ4n) is 0.517. The average Bonchev–Trinajstić information content (AvgIpc) is 1.86. The standard InChI is InChI=1S/C7H12N2S/c1-4-7(9-5-8)10-6(2)3/h6H,4H2,1-3H3. The van der Waals surface area contributed by atoms with Crippen LogP contribution in [-0.4, -0.2) is 10.3 Å². The predicted octanol–water partition coefficient (Wildman–Crippen LogP) is 2.42. The van der Waals surface area contributed by atoms with E-state index >= 15 is 0 Å². The average molecular weight is 156 g/mol. The van der Waals surface area contributed by atoms with Crippen LogP contribution in [0, 0.1) is 11.5 Å². The van der Waals surface area contributed by atoms with Crippen LogP contribution in [0.2, 0.25) is 0 Å². The minimum Gasteiger partial charge on any atom is -0.171 e. The number of hydrogen-bond acceptors (Lipinski definition) is 3. The second-order valence-electron chi connectivity index (χ2n) is 2.13. The van der Waals surface area contributed by atoms with Gasteiger partial charge in [-0.05, 0) is 6.42 Å². The van der Waals surface area contributed by atoms with Crippen molar-refractivity contribution in [1.82, 2.24) is 0 Å². The third-order valence-corrected chi connectivity index (χ3v) is 1.97. The van der Waals surface area contributed by atoms with Gasteiger partial charge in [0.1, 0.15) is 0 Å². The largest absolute Gasteiger partial charge is 0.206 e. The first kappa shape index (κ1) is 9.51. The Morgan fingerprint density at radius 1 is 1.70 bits per heavy atom. The van der Waals surface area contributed by atoms with E-state index in [1.807, 2.05) is 6.92 Å². The summed E-state index contributed by atoms with van der Waals surface area (Å²) in [6.07, 6.45) is 2.65. The maximum Gasteiger partial charge on any atom is 0.206 e. The zero-order valence-electron chi connectivity index (χ0n) is 6.59. The van der Waals surface area contributed by atoms with Crippen LogP contribution < -0.4 is 0 Å². The molecule has 0 aliphatic carbocycles. The molecule has 3 heteroatoms. The molecule has 0 aromatic carbocycles. The van der Waals surface area contributed by atoms with Crippen LogP contribution in [0.1, 0.15) is 27.2 Å². The molecule has 2 nitrogen and oxygen atoms in total. The Morgan fingerprint density at radius 3 is 2.60 bits per heavy atom. The molecular weight excluding hydrogens is 144 g/mol.